The molecule has 5 nitrogen and oxygen atoms in total. The zero-order valence-electron chi connectivity index (χ0n) is 12.8. The molecule has 0 unspecified atom stereocenters. The Hall–Kier alpha value is -2.35. The molecular weight excluding hydrogens is 345 g/mol. The zero-order chi connectivity index (χ0) is 17.9. The van der Waals surface area contributed by atoms with Crippen molar-refractivity contribution in [3.8, 4) is 0 Å². The van der Waals surface area contributed by atoms with Gasteiger partial charge in [0.25, 0.3) is 5.91 Å². The van der Waals surface area contributed by atoms with Crippen LogP contribution in [0.3, 0.4) is 0 Å². The molecule has 24 heavy (non-hydrogen) atoms. The predicted octanol–water partition coefficient (Wildman–Crippen LogP) is 4.22. The smallest absolute Gasteiger partial charge is 0.366 e. The van der Waals surface area contributed by atoms with Crippen LogP contribution in [0.5, 0.6) is 0 Å². The molecule has 2 N–H and O–H groups in total. The number of halogens is 4. The lowest BCUT2D eigenvalue weighted by molar-refractivity contribution is -0.137. The maximum absolute atomic E-state index is 12.7. The summed E-state index contributed by atoms with van der Waals surface area (Å²) in [4.78, 5) is 12.1. The van der Waals surface area contributed by atoms with Crippen LogP contribution in [0.15, 0.2) is 30.3 Å². The van der Waals surface area contributed by atoms with Crippen molar-refractivity contribution in [1.82, 2.24) is 10.2 Å². The molecular formula is C15H14ClF3N4O. The molecule has 0 atom stereocenters. The second-order valence-corrected chi connectivity index (χ2v) is 5.66. The SMILES string of the molecule is CC(C)Nc1ccc(C(=O)Nc2cc(C(F)(F)F)ccc2Cl)nn1. The molecule has 0 fully saturated rings. The number of anilines is 2. The van der Waals surface area contributed by atoms with E-state index >= 15 is 0 Å². The highest BCUT2D eigenvalue weighted by atomic mass is 35.5. The number of aromatic nitrogens is 2. The van der Waals surface area contributed by atoms with Crippen molar-refractivity contribution < 1.29 is 18.0 Å². The minimum atomic E-state index is -4.53. The number of rotatable bonds is 4. The summed E-state index contributed by atoms with van der Waals surface area (Å²) in [5.74, 6) is -0.224. The number of nitrogens with one attached hydrogen (secondary N) is 2. The molecule has 0 saturated carbocycles. The first-order chi connectivity index (χ1) is 11.2. The Bertz CT molecular complexity index is 732. The molecule has 1 heterocycles. The highest BCUT2D eigenvalue weighted by molar-refractivity contribution is 6.33. The number of carbonyl (C=O) groups is 1. The average molecular weight is 359 g/mol. The van der Waals surface area contributed by atoms with Gasteiger partial charge in [-0.3, -0.25) is 4.79 Å². The number of benzene rings is 1. The van der Waals surface area contributed by atoms with Crippen molar-refractivity contribution in [2.24, 2.45) is 0 Å². The van der Waals surface area contributed by atoms with Crippen LogP contribution in [0.2, 0.25) is 5.02 Å². The second kappa shape index (κ2) is 7.04. The lowest BCUT2D eigenvalue weighted by Gasteiger charge is -2.12. The van der Waals surface area contributed by atoms with Crippen molar-refractivity contribution in [3.63, 3.8) is 0 Å². The van der Waals surface area contributed by atoms with Gasteiger partial charge in [0.15, 0.2) is 5.69 Å². The van der Waals surface area contributed by atoms with Crippen LogP contribution in [0, 0.1) is 0 Å². The topological polar surface area (TPSA) is 66.9 Å². The van der Waals surface area contributed by atoms with Crippen LogP contribution in [-0.4, -0.2) is 22.1 Å². The molecule has 0 aliphatic rings. The van der Waals surface area contributed by atoms with Gasteiger partial charge in [0.2, 0.25) is 0 Å². The van der Waals surface area contributed by atoms with Gasteiger partial charge in [-0.15, -0.1) is 10.2 Å². The molecule has 0 radical (unpaired) electrons. The zero-order valence-corrected chi connectivity index (χ0v) is 13.5. The van der Waals surface area contributed by atoms with Crippen LogP contribution >= 0.6 is 11.6 Å². The van der Waals surface area contributed by atoms with Crippen molar-refractivity contribution in [2.75, 3.05) is 10.6 Å². The Morgan fingerprint density at radius 2 is 1.88 bits per heavy atom. The van der Waals surface area contributed by atoms with E-state index in [1.54, 1.807) is 6.07 Å². The lowest BCUT2D eigenvalue weighted by atomic mass is 10.2. The van der Waals surface area contributed by atoms with E-state index in [1.807, 2.05) is 13.8 Å². The highest BCUT2D eigenvalue weighted by Crippen LogP contribution is 2.33. The second-order valence-electron chi connectivity index (χ2n) is 5.25. The highest BCUT2D eigenvalue weighted by Gasteiger charge is 2.31. The quantitative estimate of drug-likeness (QED) is 0.858. The maximum atomic E-state index is 12.7. The van der Waals surface area contributed by atoms with Gasteiger partial charge in [0, 0.05) is 6.04 Å². The van der Waals surface area contributed by atoms with E-state index in [2.05, 4.69) is 20.8 Å². The third-order valence-corrected chi connectivity index (χ3v) is 3.21. The van der Waals surface area contributed by atoms with Gasteiger partial charge in [-0.1, -0.05) is 11.6 Å². The first kappa shape index (κ1) is 18.0. The van der Waals surface area contributed by atoms with Gasteiger partial charge in [-0.05, 0) is 44.2 Å². The number of alkyl halides is 3. The Morgan fingerprint density at radius 1 is 1.17 bits per heavy atom. The summed E-state index contributed by atoms with van der Waals surface area (Å²) in [5, 5.41) is 12.9. The van der Waals surface area contributed by atoms with Crippen LogP contribution in [-0.2, 0) is 6.18 Å². The molecule has 0 spiro atoms. The molecule has 2 aromatic rings. The van der Waals surface area contributed by atoms with Crippen LogP contribution in [0.1, 0.15) is 29.9 Å². The molecule has 0 aliphatic heterocycles. The monoisotopic (exact) mass is 358 g/mol. The number of carbonyl (C=O) groups excluding carboxylic acids is 1. The fraction of sp³-hybridized carbons (Fsp3) is 0.267. The molecule has 128 valence electrons. The number of hydrogen-bond donors (Lipinski definition) is 2. The third-order valence-electron chi connectivity index (χ3n) is 2.88. The Morgan fingerprint density at radius 3 is 2.42 bits per heavy atom. The maximum Gasteiger partial charge on any atom is 0.416 e. The Balaban J connectivity index is 2.17. The number of amides is 1. The van der Waals surface area contributed by atoms with Crippen molar-refractivity contribution in [1.29, 1.82) is 0 Å². The van der Waals surface area contributed by atoms with Crippen LogP contribution in [0.4, 0.5) is 24.7 Å². The summed E-state index contributed by atoms with van der Waals surface area (Å²) >= 11 is 5.83. The van der Waals surface area contributed by atoms with Crippen molar-refractivity contribution in [2.45, 2.75) is 26.1 Å². The Labute approximate surface area is 141 Å². The molecule has 1 aromatic heterocycles. The van der Waals surface area contributed by atoms with Crippen LogP contribution in [0.25, 0.3) is 0 Å². The molecule has 0 aliphatic carbocycles. The predicted molar refractivity (Wildman–Crippen MR) is 85.2 cm³/mol. The van der Waals surface area contributed by atoms with E-state index in [0.29, 0.717) is 5.82 Å². The van der Waals surface area contributed by atoms with Crippen molar-refractivity contribution in [3.05, 3.63) is 46.6 Å². The molecule has 2 rings (SSSR count). The van der Waals surface area contributed by atoms with Gasteiger partial charge in [0.05, 0.1) is 16.3 Å². The number of hydrogen-bond acceptors (Lipinski definition) is 4. The minimum absolute atomic E-state index is 0.0117. The summed E-state index contributed by atoms with van der Waals surface area (Å²) < 4.78 is 38.2. The molecule has 9 heteroatoms. The van der Waals surface area contributed by atoms with Gasteiger partial charge >= 0.3 is 6.18 Å². The van der Waals surface area contributed by atoms with E-state index in [9.17, 15) is 18.0 Å². The largest absolute Gasteiger partial charge is 0.416 e. The number of nitrogens with zero attached hydrogens (tertiary/aromatic N) is 2. The third kappa shape index (κ3) is 4.58. The Kier molecular flexibility index (Phi) is 5.28. The summed E-state index contributed by atoms with van der Waals surface area (Å²) in [6.07, 6.45) is -4.53. The lowest BCUT2D eigenvalue weighted by Crippen LogP contribution is -2.17. The normalized spacial score (nSPS) is 11.5. The fourth-order valence-corrected chi connectivity index (χ4v) is 1.97. The van der Waals surface area contributed by atoms with Gasteiger partial charge in [-0.25, -0.2) is 0 Å². The van der Waals surface area contributed by atoms with E-state index in [1.165, 1.54) is 6.07 Å². The first-order valence-electron chi connectivity index (χ1n) is 6.95. The van der Waals surface area contributed by atoms with Gasteiger partial charge in [-0.2, -0.15) is 13.2 Å². The average Bonchev–Trinajstić information content (AvgIpc) is 2.48. The standard InChI is InChI=1S/C15H14ClF3N4O/c1-8(2)20-13-6-5-11(22-23-13)14(24)21-12-7-9(15(17,18)19)3-4-10(12)16/h3-8H,1-2H3,(H,20,23)(H,21,24). The summed E-state index contributed by atoms with van der Waals surface area (Å²) in [5.41, 5.74) is -1.11. The molecule has 1 aromatic carbocycles. The van der Waals surface area contributed by atoms with E-state index in [4.69, 9.17) is 11.6 Å². The van der Waals surface area contributed by atoms with Gasteiger partial charge < -0.3 is 10.6 Å². The molecule has 1 amide bonds. The summed E-state index contributed by atoms with van der Waals surface area (Å²) in [7, 11) is 0. The van der Waals surface area contributed by atoms with E-state index in [-0.39, 0.29) is 22.4 Å². The first-order valence-corrected chi connectivity index (χ1v) is 7.33. The summed E-state index contributed by atoms with van der Waals surface area (Å²) in [6.45, 7) is 3.83. The van der Waals surface area contributed by atoms with Gasteiger partial charge in [0.1, 0.15) is 5.82 Å². The van der Waals surface area contributed by atoms with Crippen LogP contribution < -0.4 is 10.6 Å². The molecule has 0 bridgehead atoms. The molecule has 0 saturated heterocycles. The minimum Gasteiger partial charge on any atom is -0.366 e. The van der Waals surface area contributed by atoms with Crippen molar-refractivity contribution >= 4 is 29.0 Å². The fourth-order valence-electron chi connectivity index (χ4n) is 1.81. The summed E-state index contributed by atoms with van der Waals surface area (Å²) in [6, 6.07) is 5.78. The van der Waals surface area contributed by atoms with E-state index < -0.39 is 17.6 Å². The van der Waals surface area contributed by atoms with E-state index in [0.717, 1.165) is 18.2 Å².